The molecule has 1 heterocycles. The number of ether oxygens (including phenoxy) is 1. The van der Waals surface area contributed by atoms with Crippen LogP contribution < -0.4 is 0 Å². The molecule has 0 aliphatic carbocycles. The average molecular weight is 255 g/mol. The van der Waals surface area contributed by atoms with E-state index in [1.165, 1.54) is 7.11 Å². The van der Waals surface area contributed by atoms with Crippen molar-refractivity contribution in [1.29, 1.82) is 0 Å². The van der Waals surface area contributed by atoms with Crippen LogP contribution in [-0.4, -0.2) is 37.5 Å². The zero-order chi connectivity index (χ0) is 13.0. The Morgan fingerprint density at radius 2 is 1.94 bits per heavy atom. The summed E-state index contributed by atoms with van der Waals surface area (Å²) >= 11 is 1.16. The minimum Gasteiger partial charge on any atom is -0.465 e. The molecule has 4 nitrogen and oxygen atoms in total. The maximum atomic E-state index is 12.0. The second-order valence-corrected chi connectivity index (χ2v) is 5.32. The van der Waals surface area contributed by atoms with Gasteiger partial charge in [-0.15, -0.1) is 11.3 Å². The highest BCUT2D eigenvalue weighted by atomic mass is 32.1. The standard InChI is InChI=1S/C12H17NO3S/c1-8(2)7-13(3)11(14)9-5-6-10(17-9)12(15)16-4/h5-6,8H,7H2,1-4H3. The third kappa shape index (κ3) is 3.56. The monoisotopic (exact) mass is 255 g/mol. The first-order chi connectivity index (χ1) is 7.95. The van der Waals surface area contributed by atoms with E-state index in [1.54, 1.807) is 24.1 Å². The Morgan fingerprint density at radius 3 is 2.47 bits per heavy atom. The number of carbonyl (C=O) groups is 2. The van der Waals surface area contributed by atoms with E-state index in [9.17, 15) is 9.59 Å². The summed E-state index contributed by atoms with van der Waals surface area (Å²) in [4.78, 5) is 25.9. The fourth-order valence-electron chi connectivity index (χ4n) is 1.48. The van der Waals surface area contributed by atoms with Gasteiger partial charge in [0.2, 0.25) is 0 Å². The first-order valence-corrected chi connectivity index (χ1v) is 6.21. The van der Waals surface area contributed by atoms with Crippen molar-refractivity contribution in [3.8, 4) is 0 Å². The number of hydrogen-bond donors (Lipinski definition) is 0. The molecular formula is C12H17NO3S. The average Bonchev–Trinajstić information content (AvgIpc) is 2.75. The number of methoxy groups -OCH3 is 1. The van der Waals surface area contributed by atoms with Crippen LogP contribution in [0.15, 0.2) is 12.1 Å². The smallest absolute Gasteiger partial charge is 0.348 e. The summed E-state index contributed by atoms with van der Waals surface area (Å²) < 4.78 is 4.60. The molecule has 0 saturated heterocycles. The maximum Gasteiger partial charge on any atom is 0.348 e. The van der Waals surface area contributed by atoms with Crippen LogP contribution >= 0.6 is 11.3 Å². The van der Waals surface area contributed by atoms with E-state index in [4.69, 9.17) is 0 Å². The van der Waals surface area contributed by atoms with Gasteiger partial charge in [0, 0.05) is 13.6 Å². The highest BCUT2D eigenvalue weighted by Crippen LogP contribution is 2.19. The SMILES string of the molecule is COC(=O)c1ccc(C(=O)N(C)CC(C)C)s1. The predicted octanol–water partition coefficient (Wildman–Crippen LogP) is 2.26. The molecule has 5 heteroatoms. The van der Waals surface area contributed by atoms with Crippen molar-refractivity contribution >= 4 is 23.2 Å². The molecule has 0 bridgehead atoms. The molecule has 0 atom stereocenters. The summed E-state index contributed by atoms with van der Waals surface area (Å²) in [6, 6.07) is 3.28. The second kappa shape index (κ2) is 5.82. The minimum absolute atomic E-state index is 0.0566. The lowest BCUT2D eigenvalue weighted by atomic mass is 10.2. The van der Waals surface area contributed by atoms with Gasteiger partial charge in [0.15, 0.2) is 0 Å². The van der Waals surface area contributed by atoms with Crippen molar-refractivity contribution in [2.75, 3.05) is 20.7 Å². The van der Waals surface area contributed by atoms with Gasteiger partial charge >= 0.3 is 5.97 Å². The summed E-state index contributed by atoms with van der Waals surface area (Å²) in [7, 11) is 3.09. The van der Waals surface area contributed by atoms with E-state index in [1.807, 2.05) is 0 Å². The van der Waals surface area contributed by atoms with E-state index in [0.717, 1.165) is 11.3 Å². The predicted molar refractivity (Wildman–Crippen MR) is 67.5 cm³/mol. The summed E-state index contributed by atoms with van der Waals surface area (Å²) in [6.07, 6.45) is 0. The molecule has 1 aromatic rings. The van der Waals surface area contributed by atoms with Crippen LogP contribution in [0.3, 0.4) is 0 Å². The van der Waals surface area contributed by atoms with Gasteiger partial charge in [-0.3, -0.25) is 4.79 Å². The highest BCUT2D eigenvalue weighted by molar-refractivity contribution is 7.15. The van der Waals surface area contributed by atoms with Gasteiger partial charge in [-0.2, -0.15) is 0 Å². The maximum absolute atomic E-state index is 12.0. The van der Waals surface area contributed by atoms with Crippen LogP contribution in [0.5, 0.6) is 0 Å². The summed E-state index contributed by atoms with van der Waals surface area (Å²) in [5.74, 6) is -0.0385. The molecule has 0 aliphatic heterocycles. The highest BCUT2D eigenvalue weighted by Gasteiger charge is 2.17. The van der Waals surface area contributed by atoms with Gasteiger partial charge in [-0.25, -0.2) is 4.79 Å². The topological polar surface area (TPSA) is 46.6 Å². The molecular weight excluding hydrogens is 238 g/mol. The molecule has 0 aromatic carbocycles. The Labute approximate surface area is 105 Å². The van der Waals surface area contributed by atoms with Crippen molar-refractivity contribution in [2.24, 2.45) is 5.92 Å². The molecule has 0 spiro atoms. The van der Waals surface area contributed by atoms with E-state index in [-0.39, 0.29) is 5.91 Å². The Bertz CT molecular complexity index is 412. The molecule has 0 fully saturated rings. The number of carbonyl (C=O) groups excluding carboxylic acids is 2. The number of thiophene rings is 1. The molecule has 17 heavy (non-hydrogen) atoms. The van der Waals surface area contributed by atoms with Gasteiger partial charge < -0.3 is 9.64 Å². The summed E-state index contributed by atoms with van der Waals surface area (Å²) in [6.45, 7) is 4.81. The first kappa shape index (κ1) is 13.7. The molecule has 0 unspecified atom stereocenters. The number of esters is 1. The lowest BCUT2D eigenvalue weighted by molar-refractivity contribution is 0.0606. The Kier molecular flexibility index (Phi) is 4.69. The zero-order valence-electron chi connectivity index (χ0n) is 10.5. The third-order valence-electron chi connectivity index (χ3n) is 2.19. The fourth-order valence-corrected chi connectivity index (χ4v) is 2.40. The number of amides is 1. The molecule has 1 aromatic heterocycles. The zero-order valence-corrected chi connectivity index (χ0v) is 11.3. The van der Waals surface area contributed by atoms with Crippen LogP contribution in [0.25, 0.3) is 0 Å². The third-order valence-corrected chi connectivity index (χ3v) is 3.24. The number of nitrogens with zero attached hydrogens (tertiary/aromatic N) is 1. The van der Waals surface area contributed by atoms with Crippen molar-refractivity contribution in [2.45, 2.75) is 13.8 Å². The van der Waals surface area contributed by atoms with Gasteiger partial charge in [-0.1, -0.05) is 13.8 Å². The van der Waals surface area contributed by atoms with E-state index >= 15 is 0 Å². The minimum atomic E-state index is -0.402. The quantitative estimate of drug-likeness (QED) is 0.775. The molecule has 0 N–H and O–H groups in total. The van der Waals surface area contributed by atoms with Crippen LogP contribution in [-0.2, 0) is 4.74 Å². The normalized spacial score (nSPS) is 10.4. The summed E-state index contributed by atoms with van der Waals surface area (Å²) in [5.41, 5.74) is 0. The number of hydrogen-bond acceptors (Lipinski definition) is 4. The van der Waals surface area contributed by atoms with Crippen LogP contribution in [0, 0.1) is 5.92 Å². The van der Waals surface area contributed by atoms with Crippen LogP contribution in [0.2, 0.25) is 0 Å². The molecule has 94 valence electrons. The van der Waals surface area contributed by atoms with Crippen molar-refractivity contribution < 1.29 is 14.3 Å². The van der Waals surface area contributed by atoms with Crippen molar-refractivity contribution in [1.82, 2.24) is 4.90 Å². The molecule has 1 amide bonds. The van der Waals surface area contributed by atoms with E-state index < -0.39 is 5.97 Å². The molecule has 1 rings (SSSR count). The Balaban J connectivity index is 2.76. The van der Waals surface area contributed by atoms with Gasteiger partial charge in [0.1, 0.15) is 4.88 Å². The summed E-state index contributed by atoms with van der Waals surface area (Å²) in [5, 5.41) is 0. The fraction of sp³-hybridized carbons (Fsp3) is 0.500. The van der Waals surface area contributed by atoms with Gasteiger partial charge in [-0.05, 0) is 18.1 Å². The van der Waals surface area contributed by atoms with Gasteiger partial charge in [0.25, 0.3) is 5.91 Å². The molecule has 0 aliphatic rings. The van der Waals surface area contributed by atoms with Crippen molar-refractivity contribution in [3.63, 3.8) is 0 Å². The molecule has 0 saturated carbocycles. The second-order valence-electron chi connectivity index (χ2n) is 4.24. The van der Waals surface area contributed by atoms with E-state index in [0.29, 0.717) is 22.2 Å². The number of rotatable bonds is 4. The lowest BCUT2D eigenvalue weighted by Crippen LogP contribution is -2.29. The Morgan fingerprint density at radius 1 is 1.35 bits per heavy atom. The van der Waals surface area contributed by atoms with Crippen molar-refractivity contribution in [3.05, 3.63) is 21.9 Å². The van der Waals surface area contributed by atoms with Crippen LogP contribution in [0.1, 0.15) is 33.2 Å². The molecule has 0 radical (unpaired) electrons. The lowest BCUT2D eigenvalue weighted by Gasteiger charge is -2.18. The first-order valence-electron chi connectivity index (χ1n) is 5.39. The van der Waals surface area contributed by atoms with Gasteiger partial charge in [0.05, 0.1) is 12.0 Å². The largest absolute Gasteiger partial charge is 0.465 e. The Hall–Kier alpha value is -1.36. The van der Waals surface area contributed by atoms with Crippen LogP contribution in [0.4, 0.5) is 0 Å². The van der Waals surface area contributed by atoms with E-state index in [2.05, 4.69) is 18.6 Å².